The normalized spacial score (nSPS) is 16.2. The Morgan fingerprint density at radius 1 is 1.35 bits per heavy atom. The number of rotatable bonds is 7. The Morgan fingerprint density at radius 3 is 2.85 bits per heavy atom. The van der Waals surface area contributed by atoms with E-state index in [0.717, 1.165) is 17.4 Å². The van der Waals surface area contributed by atoms with Crippen LogP contribution in [0.1, 0.15) is 44.3 Å². The summed E-state index contributed by atoms with van der Waals surface area (Å²) in [5.74, 6) is 1.38. The van der Waals surface area contributed by atoms with E-state index < -0.39 is 0 Å². The number of carbonyl (C=O) groups is 1. The average Bonchev–Trinajstić information content (AvgIpc) is 2.85. The summed E-state index contributed by atoms with van der Waals surface area (Å²) in [6.07, 6.45) is 7.94. The number of nitrogens with zero attached hydrogens (tertiary/aromatic N) is 1. The van der Waals surface area contributed by atoms with Crippen LogP contribution < -0.4 is 11.0 Å². The molecule has 1 aliphatic rings. The van der Waals surface area contributed by atoms with Gasteiger partial charge in [0.2, 0.25) is 5.91 Å². The zero-order chi connectivity index (χ0) is 14.2. The van der Waals surface area contributed by atoms with Crippen LogP contribution in [0.15, 0.2) is 4.79 Å². The van der Waals surface area contributed by atoms with Crippen LogP contribution in [0.2, 0.25) is 0 Å². The van der Waals surface area contributed by atoms with Crippen molar-refractivity contribution in [1.29, 1.82) is 0 Å². The Labute approximate surface area is 122 Å². The second-order valence-corrected chi connectivity index (χ2v) is 6.54. The van der Waals surface area contributed by atoms with Crippen LogP contribution in [0.3, 0.4) is 0 Å². The van der Waals surface area contributed by atoms with Gasteiger partial charge in [-0.2, -0.15) is 16.9 Å². The first-order chi connectivity index (χ1) is 9.74. The van der Waals surface area contributed by atoms with Crippen LogP contribution in [0.5, 0.6) is 0 Å². The van der Waals surface area contributed by atoms with Crippen molar-refractivity contribution in [2.45, 2.75) is 50.2 Å². The molecule has 1 fully saturated rings. The lowest BCUT2D eigenvalue weighted by Gasteiger charge is -2.20. The number of H-pyrrole nitrogens is 2. The fourth-order valence-electron chi connectivity index (χ4n) is 2.39. The van der Waals surface area contributed by atoms with Gasteiger partial charge in [0.15, 0.2) is 0 Å². The van der Waals surface area contributed by atoms with Crippen molar-refractivity contribution in [3.05, 3.63) is 16.3 Å². The molecule has 0 aromatic carbocycles. The molecule has 2 rings (SSSR count). The van der Waals surface area contributed by atoms with Crippen molar-refractivity contribution in [3.8, 4) is 0 Å². The van der Waals surface area contributed by atoms with E-state index in [1.807, 2.05) is 11.8 Å². The first-order valence-corrected chi connectivity index (χ1v) is 8.31. The molecule has 112 valence electrons. The number of hydrogen-bond acceptors (Lipinski definition) is 4. The molecule has 0 spiro atoms. The molecule has 1 aromatic rings. The molecular formula is C13H22N4O2S. The van der Waals surface area contributed by atoms with Crippen LogP contribution in [0.25, 0.3) is 0 Å². The smallest absolute Gasteiger partial charge is 0.340 e. The molecule has 0 radical (unpaired) electrons. The third-order valence-corrected chi connectivity index (χ3v) is 4.89. The largest absolute Gasteiger partial charge is 0.356 e. The van der Waals surface area contributed by atoms with E-state index in [9.17, 15) is 9.59 Å². The van der Waals surface area contributed by atoms with Crippen molar-refractivity contribution in [2.24, 2.45) is 0 Å². The summed E-state index contributed by atoms with van der Waals surface area (Å²) in [4.78, 5) is 24.9. The zero-order valence-corrected chi connectivity index (χ0v) is 12.4. The molecule has 0 aliphatic heterocycles. The Bertz CT molecular complexity index is 465. The molecule has 7 heteroatoms. The highest BCUT2D eigenvalue weighted by molar-refractivity contribution is 7.99. The molecule has 0 unspecified atom stereocenters. The van der Waals surface area contributed by atoms with Crippen LogP contribution >= 0.6 is 11.8 Å². The number of nitrogens with one attached hydrogen (secondary N) is 3. The highest BCUT2D eigenvalue weighted by Crippen LogP contribution is 2.28. The molecule has 3 N–H and O–H groups in total. The standard InChI is InChI=1S/C13H22N4O2S/c18-12(9-11-15-13(19)17-16-11)14-7-4-8-20-10-5-2-1-3-6-10/h10H,1-9H2,(H,14,18)(H2,15,16,17,19). The Balaban J connectivity index is 1.52. The van der Waals surface area contributed by atoms with Crippen molar-refractivity contribution >= 4 is 17.7 Å². The first-order valence-electron chi connectivity index (χ1n) is 7.26. The second kappa shape index (κ2) is 8.14. The van der Waals surface area contributed by atoms with Gasteiger partial charge in [-0.05, 0) is 25.0 Å². The lowest BCUT2D eigenvalue weighted by atomic mass is 10.0. The molecule has 1 aromatic heterocycles. The van der Waals surface area contributed by atoms with Crippen LogP contribution in [-0.2, 0) is 11.2 Å². The number of aromatic amines is 2. The van der Waals surface area contributed by atoms with Crippen molar-refractivity contribution in [3.63, 3.8) is 0 Å². The van der Waals surface area contributed by atoms with E-state index in [4.69, 9.17) is 0 Å². The van der Waals surface area contributed by atoms with Gasteiger partial charge >= 0.3 is 5.69 Å². The summed E-state index contributed by atoms with van der Waals surface area (Å²) in [7, 11) is 0. The minimum absolute atomic E-state index is 0.101. The lowest BCUT2D eigenvalue weighted by Crippen LogP contribution is -2.27. The van der Waals surface area contributed by atoms with E-state index in [-0.39, 0.29) is 18.0 Å². The Morgan fingerprint density at radius 2 is 2.15 bits per heavy atom. The van der Waals surface area contributed by atoms with Crippen molar-refractivity contribution in [2.75, 3.05) is 12.3 Å². The van der Waals surface area contributed by atoms with Gasteiger partial charge in [-0.1, -0.05) is 19.3 Å². The van der Waals surface area contributed by atoms with Gasteiger partial charge in [-0.3, -0.25) is 9.78 Å². The molecule has 1 aliphatic carbocycles. The number of carbonyl (C=O) groups excluding carboxylic acids is 1. The number of thioether (sulfide) groups is 1. The first kappa shape index (κ1) is 15.2. The Hall–Kier alpha value is -1.24. The molecule has 6 nitrogen and oxygen atoms in total. The molecule has 1 saturated carbocycles. The average molecular weight is 298 g/mol. The summed E-state index contributed by atoms with van der Waals surface area (Å²) >= 11 is 2.04. The third-order valence-electron chi connectivity index (χ3n) is 3.43. The van der Waals surface area contributed by atoms with Crippen molar-refractivity contribution < 1.29 is 4.79 Å². The molecular weight excluding hydrogens is 276 g/mol. The molecule has 1 amide bonds. The van der Waals surface area contributed by atoms with Crippen LogP contribution in [0, 0.1) is 0 Å². The number of amides is 1. The molecule has 20 heavy (non-hydrogen) atoms. The summed E-state index contributed by atoms with van der Waals surface area (Å²) in [6.45, 7) is 0.688. The van der Waals surface area contributed by atoms with Crippen LogP contribution in [-0.4, -0.2) is 38.6 Å². The summed E-state index contributed by atoms with van der Waals surface area (Å²) in [6, 6.07) is 0. The maximum absolute atomic E-state index is 11.6. The topological polar surface area (TPSA) is 90.6 Å². The lowest BCUT2D eigenvalue weighted by molar-refractivity contribution is -0.120. The fraction of sp³-hybridized carbons (Fsp3) is 0.769. The quantitative estimate of drug-likeness (QED) is 0.660. The second-order valence-electron chi connectivity index (χ2n) is 5.14. The summed E-state index contributed by atoms with van der Waals surface area (Å²) in [5, 5.41) is 9.62. The monoisotopic (exact) mass is 298 g/mol. The number of aromatic nitrogens is 3. The van der Waals surface area contributed by atoms with Crippen molar-refractivity contribution in [1.82, 2.24) is 20.5 Å². The van der Waals surface area contributed by atoms with Gasteiger partial charge in [0.1, 0.15) is 5.82 Å². The van der Waals surface area contributed by atoms with Gasteiger partial charge in [0.25, 0.3) is 0 Å². The minimum atomic E-state index is -0.378. The van der Waals surface area contributed by atoms with E-state index in [2.05, 4.69) is 20.5 Å². The SMILES string of the molecule is O=C(Cc1n[nH]c(=O)[nH]1)NCCCSC1CCCCC1. The molecule has 0 atom stereocenters. The highest BCUT2D eigenvalue weighted by atomic mass is 32.2. The van der Waals surface area contributed by atoms with Gasteiger partial charge in [-0.15, -0.1) is 0 Å². The van der Waals surface area contributed by atoms with Gasteiger partial charge < -0.3 is 5.32 Å². The highest BCUT2D eigenvalue weighted by Gasteiger charge is 2.13. The van der Waals surface area contributed by atoms with E-state index in [0.29, 0.717) is 12.4 Å². The minimum Gasteiger partial charge on any atom is -0.356 e. The van der Waals surface area contributed by atoms with Gasteiger partial charge in [-0.25, -0.2) is 9.89 Å². The van der Waals surface area contributed by atoms with Crippen LogP contribution in [0.4, 0.5) is 0 Å². The Kier molecular flexibility index (Phi) is 6.17. The van der Waals surface area contributed by atoms with E-state index >= 15 is 0 Å². The predicted molar refractivity (Wildman–Crippen MR) is 79.9 cm³/mol. The predicted octanol–water partition coefficient (Wildman–Crippen LogP) is 1.21. The fourth-order valence-corrected chi connectivity index (χ4v) is 3.70. The molecule has 1 heterocycles. The third kappa shape index (κ3) is 5.40. The maximum Gasteiger partial charge on any atom is 0.340 e. The molecule has 0 saturated heterocycles. The summed E-state index contributed by atoms with van der Waals surface area (Å²) < 4.78 is 0. The van der Waals surface area contributed by atoms with E-state index in [1.165, 1.54) is 32.1 Å². The van der Waals surface area contributed by atoms with E-state index in [1.54, 1.807) is 0 Å². The summed E-state index contributed by atoms with van der Waals surface area (Å²) in [5.41, 5.74) is -0.378. The van der Waals surface area contributed by atoms with Gasteiger partial charge in [0.05, 0.1) is 6.42 Å². The maximum atomic E-state index is 11.6. The number of hydrogen-bond donors (Lipinski definition) is 3. The zero-order valence-electron chi connectivity index (χ0n) is 11.6. The van der Waals surface area contributed by atoms with Gasteiger partial charge in [0, 0.05) is 11.8 Å². The molecule has 0 bridgehead atoms.